The maximum atomic E-state index is 13.1. The molecule has 0 aliphatic carbocycles. The van der Waals surface area contributed by atoms with Crippen molar-refractivity contribution in [3.8, 4) is 0 Å². The molecule has 1 fully saturated rings. The van der Waals surface area contributed by atoms with Crippen LogP contribution in [0.25, 0.3) is 10.8 Å². The fourth-order valence-electron chi connectivity index (χ4n) is 3.92. The van der Waals surface area contributed by atoms with Crippen LogP contribution in [0.3, 0.4) is 0 Å². The molecule has 1 saturated heterocycles. The van der Waals surface area contributed by atoms with Crippen LogP contribution in [0.5, 0.6) is 0 Å². The molecule has 156 valence electrons. The highest BCUT2D eigenvalue weighted by Crippen LogP contribution is 2.24. The molecule has 0 unspecified atom stereocenters. The van der Waals surface area contributed by atoms with Gasteiger partial charge in [-0.15, -0.1) is 0 Å². The fourth-order valence-corrected chi connectivity index (χ4v) is 5.43. The van der Waals surface area contributed by atoms with E-state index >= 15 is 0 Å². The Morgan fingerprint density at radius 3 is 2.30 bits per heavy atom. The van der Waals surface area contributed by atoms with Crippen LogP contribution in [-0.4, -0.2) is 37.8 Å². The second-order valence-electron chi connectivity index (χ2n) is 7.74. The number of sulfonamides is 1. The predicted octanol–water partition coefficient (Wildman–Crippen LogP) is 3.74. The Balaban J connectivity index is 1.32. The Hall–Kier alpha value is -2.70. The summed E-state index contributed by atoms with van der Waals surface area (Å²) in [6, 6.07) is 23.0. The summed E-state index contributed by atoms with van der Waals surface area (Å²) in [5.41, 5.74) is 1.14. The molecule has 1 N–H and O–H groups in total. The van der Waals surface area contributed by atoms with E-state index in [9.17, 15) is 13.2 Å². The number of amides is 1. The van der Waals surface area contributed by atoms with E-state index < -0.39 is 10.0 Å². The number of hydrogen-bond donors (Lipinski definition) is 1. The molecule has 1 heterocycles. The number of fused-ring (bicyclic) bond motifs is 1. The van der Waals surface area contributed by atoms with Crippen LogP contribution >= 0.6 is 0 Å². The van der Waals surface area contributed by atoms with Crippen molar-refractivity contribution in [2.75, 3.05) is 13.1 Å². The van der Waals surface area contributed by atoms with Crippen LogP contribution in [0.1, 0.15) is 24.8 Å². The molecule has 0 saturated carbocycles. The van der Waals surface area contributed by atoms with Crippen molar-refractivity contribution in [3.63, 3.8) is 0 Å². The SMILES string of the molecule is O=C(CCc1ccccc1)NC1CCN(S(=O)(=O)c2ccc3ccccc3c2)CC1. The van der Waals surface area contributed by atoms with Gasteiger partial charge in [-0.05, 0) is 47.7 Å². The van der Waals surface area contributed by atoms with Gasteiger partial charge in [0.15, 0.2) is 0 Å². The smallest absolute Gasteiger partial charge is 0.243 e. The first kappa shape index (κ1) is 20.6. The van der Waals surface area contributed by atoms with Gasteiger partial charge in [-0.3, -0.25) is 4.79 Å². The van der Waals surface area contributed by atoms with Crippen LogP contribution < -0.4 is 5.32 Å². The van der Waals surface area contributed by atoms with Gasteiger partial charge in [-0.1, -0.05) is 60.7 Å². The number of carbonyl (C=O) groups is 1. The van der Waals surface area contributed by atoms with E-state index in [-0.39, 0.29) is 11.9 Å². The summed E-state index contributed by atoms with van der Waals surface area (Å²) in [6.45, 7) is 0.831. The molecule has 1 amide bonds. The number of carbonyl (C=O) groups excluding carboxylic acids is 1. The molecule has 0 spiro atoms. The van der Waals surface area contributed by atoms with Crippen molar-refractivity contribution in [2.45, 2.75) is 36.6 Å². The Bertz CT molecular complexity index is 1120. The third-order valence-corrected chi connectivity index (χ3v) is 7.56. The van der Waals surface area contributed by atoms with Crippen LogP contribution in [0.4, 0.5) is 0 Å². The van der Waals surface area contributed by atoms with E-state index in [1.165, 1.54) is 4.31 Å². The molecule has 1 aliphatic rings. The molecule has 4 rings (SSSR count). The zero-order valence-electron chi connectivity index (χ0n) is 16.8. The van der Waals surface area contributed by atoms with Gasteiger partial charge in [0.05, 0.1) is 4.90 Å². The van der Waals surface area contributed by atoms with Crippen molar-refractivity contribution in [3.05, 3.63) is 78.4 Å². The molecule has 3 aromatic rings. The highest BCUT2D eigenvalue weighted by Gasteiger charge is 2.30. The molecule has 0 bridgehead atoms. The van der Waals surface area contributed by atoms with Gasteiger partial charge < -0.3 is 5.32 Å². The predicted molar refractivity (Wildman–Crippen MR) is 119 cm³/mol. The molecule has 0 atom stereocenters. The van der Waals surface area contributed by atoms with Crippen LogP contribution in [0, 0.1) is 0 Å². The molecule has 6 heteroatoms. The van der Waals surface area contributed by atoms with Crippen molar-refractivity contribution >= 4 is 26.7 Å². The van der Waals surface area contributed by atoms with Gasteiger partial charge in [0.25, 0.3) is 0 Å². The molecule has 0 radical (unpaired) electrons. The van der Waals surface area contributed by atoms with E-state index in [4.69, 9.17) is 0 Å². The number of nitrogens with one attached hydrogen (secondary N) is 1. The minimum absolute atomic E-state index is 0.0229. The Labute approximate surface area is 177 Å². The first-order valence-corrected chi connectivity index (χ1v) is 11.8. The van der Waals surface area contributed by atoms with Crippen LogP contribution in [-0.2, 0) is 21.2 Å². The lowest BCUT2D eigenvalue weighted by atomic mass is 10.1. The first-order valence-electron chi connectivity index (χ1n) is 10.3. The average molecular weight is 423 g/mol. The normalized spacial score (nSPS) is 15.9. The quantitative estimate of drug-likeness (QED) is 0.658. The maximum absolute atomic E-state index is 13.1. The van der Waals surface area contributed by atoms with Crippen LogP contribution in [0.2, 0.25) is 0 Å². The summed E-state index contributed by atoms with van der Waals surface area (Å²) in [5, 5.41) is 5.00. The topological polar surface area (TPSA) is 66.5 Å². The highest BCUT2D eigenvalue weighted by molar-refractivity contribution is 7.89. The lowest BCUT2D eigenvalue weighted by molar-refractivity contribution is -0.122. The molecule has 0 aromatic heterocycles. The Morgan fingerprint density at radius 2 is 1.57 bits per heavy atom. The third-order valence-electron chi connectivity index (χ3n) is 5.66. The van der Waals surface area contributed by atoms with Crippen molar-refractivity contribution in [1.29, 1.82) is 0 Å². The second kappa shape index (κ2) is 8.98. The summed E-state index contributed by atoms with van der Waals surface area (Å²) in [5.74, 6) is 0.0229. The van der Waals surface area contributed by atoms with Crippen molar-refractivity contribution in [1.82, 2.24) is 9.62 Å². The maximum Gasteiger partial charge on any atom is 0.243 e. The number of nitrogens with zero attached hydrogens (tertiary/aromatic N) is 1. The summed E-state index contributed by atoms with van der Waals surface area (Å²) >= 11 is 0. The van der Waals surface area contributed by atoms with Gasteiger partial charge in [0, 0.05) is 25.6 Å². The molecule has 1 aliphatic heterocycles. The molecule has 30 heavy (non-hydrogen) atoms. The van der Waals surface area contributed by atoms with Gasteiger partial charge in [0.1, 0.15) is 0 Å². The number of hydrogen-bond acceptors (Lipinski definition) is 3. The van der Waals surface area contributed by atoms with E-state index in [2.05, 4.69) is 5.32 Å². The average Bonchev–Trinajstić information content (AvgIpc) is 2.78. The Kier molecular flexibility index (Phi) is 6.16. The number of aryl methyl sites for hydroxylation is 1. The van der Waals surface area contributed by atoms with Gasteiger partial charge in [-0.2, -0.15) is 4.31 Å². The minimum Gasteiger partial charge on any atom is -0.353 e. The highest BCUT2D eigenvalue weighted by atomic mass is 32.2. The largest absolute Gasteiger partial charge is 0.353 e. The van der Waals surface area contributed by atoms with Gasteiger partial charge in [0.2, 0.25) is 15.9 Å². The summed E-state index contributed by atoms with van der Waals surface area (Å²) in [4.78, 5) is 12.6. The van der Waals surface area contributed by atoms with Crippen molar-refractivity contribution in [2.24, 2.45) is 0 Å². The minimum atomic E-state index is -3.53. The molecular weight excluding hydrogens is 396 g/mol. The van der Waals surface area contributed by atoms with Gasteiger partial charge >= 0.3 is 0 Å². The molecule has 3 aromatic carbocycles. The lowest BCUT2D eigenvalue weighted by Crippen LogP contribution is -2.46. The Morgan fingerprint density at radius 1 is 0.900 bits per heavy atom. The summed E-state index contributed by atoms with van der Waals surface area (Å²) < 4.78 is 27.6. The van der Waals surface area contributed by atoms with E-state index in [0.29, 0.717) is 43.7 Å². The van der Waals surface area contributed by atoms with Gasteiger partial charge in [-0.25, -0.2) is 8.42 Å². The monoisotopic (exact) mass is 422 g/mol. The third kappa shape index (κ3) is 4.71. The lowest BCUT2D eigenvalue weighted by Gasteiger charge is -2.31. The molecule has 5 nitrogen and oxygen atoms in total. The van der Waals surface area contributed by atoms with Crippen LogP contribution in [0.15, 0.2) is 77.7 Å². The number of benzene rings is 3. The second-order valence-corrected chi connectivity index (χ2v) is 9.68. The van der Waals surface area contributed by atoms with E-state index in [0.717, 1.165) is 16.3 Å². The zero-order chi connectivity index (χ0) is 21.0. The zero-order valence-corrected chi connectivity index (χ0v) is 17.6. The van der Waals surface area contributed by atoms with Crippen molar-refractivity contribution < 1.29 is 13.2 Å². The summed E-state index contributed by atoms with van der Waals surface area (Å²) in [6.07, 6.45) is 2.41. The first-order chi connectivity index (χ1) is 14.5. The fraction of sp³-hybridized carbons (Fsp3) is 0.292. The van der Waals surface area contributed by atoms with E-state index in [1.807, 2.05) is 60.7 Å². The number of piperidine rings is 1. The standard InChI is InChI=1S/C24H26N2O3S/c27-24(13-10-19-6-2-1-3-7-19)25-22-14-16-26(17-15-22)30(28,29)23-12-11-20-8-4-5-9-21(20)18-23/h1-9,11-12,18,22H,10,13-17H2,(H,25,27). The summed E-state index contributed by atoms with van der Waals surface area (Å²) in [7, 11) is -3.53. The van der Waals surface area contributed by atoms with E-state index in [1.54, 1.807) is 12.1 Å². The number of rotatable bonds is 6. The molecular formula is C24H26N2O3S.